The molecule has 0 spiro atoms. The van der Waals surface area contributed by atoms with Crippen molar-refractivity contribution in [3.63, 3.8) is 0 Å². The Morgan fingerprint density at radius 1 is 1.32 bits per heavy atom. The summed E-state index contributed by atoms with van der Waals surface area (Å²) in [7, 11) is 0. The Bertz CT molecular complexity index is 388. The van der Waals surface area contributed by atoms with Gasteiger partial charge in [0.1, 0.15) is 0 Å². The molecule has 1 unspecified atom stereocenters. The lowest BCUT2D eigenvalue weighted by atomic mass is 9.76. The molecule has 0 saturated carbocycles. The van der Waals surface area contributed by atoms with Gasteiger partial charge in [-0.05, 0) is 32.8 Å². The SMILES string of the molecule is C/C=C/C1=CCC(C(=O)OCC)(C(=O)OCC)C1C. The summed E-state index contributed by atoms with van der Waals surface area (Å²) in [5.74, 6) is -1.21. The number of hydrogen-bond acceptors (Lipinski definition) is 4. The van der Waals surface area contributed by atoms with Gasteiger partial charge in [-0.1, -0.05) is 25.2 Å². The molecule has 0 fully saturated rings. The van der Waals surface area contributed by atoms with Crippen LogP contribution < -0.4 is 0 Å². The van der Waals surface area contributed by atoms with Crippen molar-refractivity contribution in [3.05, 3.63) is 23.8 Å². The first-order valence-electron chi connectivity index (χ1n) is 6.71. The molecule has 0 amide bonds. The third-order valence-corrected chi connectivity index (χ3v) is 3.54. The molecular weight excluding hydrogens is 244 g/mol. The highest BCUT2D eigenvalue weighted by atomic mass is 16.6. The van der Waals surface area contributed by atoms with Gasteiger partial charge in [-0.2, -0.15) is 0 Å². The maximum absolute atomic E-state index is 12.3. The van der Waals surface area contributed by atoms with E-state index in [4.69, 9.17) is 9.47 Å². The summed E-state index contributed by atoms with van der Waals surface area (Å²) in [6.07, 6.45) is 6.07. The van der Waals surface area contributed by atoms with Crippen molar-refractivity contribution in [1.29, 1.82) is 0 Å². The Hall–Kier alpha value is -1.58. The van der Waals surface area contributed by atoms with Crippen LogP contribution in [-0.2, 0) is 19.1 Å². The van der Waals surface area contributed by atoms with Crippen molar-refractivity contribution >= 4 is 11.9 Å². The quantitative estimate of drug-likeness (QED) is 0.567. The Labute approximate surface area is 114 Å². The van der Waals surface area contributed by atoms with E-state index in [-0.39, 0.29) is 19.1 Å². The Balaban J connectivity index is 3.10. The topological polar surface area (TPSA) is 52.6 Å². The van der Waals surface area contributed by atoms with E-state index in [1.807, 2.05) is 32.1 Å². The number of allylic oxidation sites excluding steroid dienone is 4. The largest absolute Gasteiger partial charge is 0.465 e. The van der Waals surface area contributed by atoms with Gasteiger partial charge in [0.2, 0.25) is 0 Å². The molecule has 0 radical (unpaired) electrons. The molecule has 1 atom stereocenters. The molecule has 0 bridgehead atoms. The van der Waals surface area contributed by atoms with E-state index in [9.17, 15) is 9.59 Å². The Kier molecular flexibility index (Phi) is 5.33. The molecule has 4 nitrogen and oxygen atoms in total. The molecule has 0 N–H and O–H groups in total. The van der Waals surface area contributed by atoms with Crippen molar-refractivity contribution in [3.8, 4) is 0 Å². The van der Waals surface area contributed by atoms with E-state index in [1.54, 1.807) is 13.8 Å². The van der Waals surface area contributed by atoms with Gasteiger partial charge in [0.15, 0.2) is 5.41 Å². The molecule has 4 heteroatoms. The lowest BCUT2D eigenvalue weighted by Crippen LogP contribution is -2.45. The van der Waals surface area contributed by atoms with Gasteiger partial charge in [0, 0.05) is 5.92 Å². The Morgan fingerprint density at radius 3 is 2.26 bits per heavy atom. The van der Waals surface area contributed by atoms with Crippen LogP contribution in [0, 0.1) is 11.3 Å². The van der Waals surface area contributed by atoms with E-state index < -0.39 is 17.4 Å². The van der Waals surface area contributed by atoms with Gasteiger partial charge in [0.25, 0.3) is 0 Å². The van der Waals surface area contributed by atoms with Crippen LogP contribution in [0.3, 0.4) is 0 Å². The van der Waals surface area contributed by atoms with Crippen LogP contribution in [0.15, 0.2) is 23.8 Å². The lowest BCUT2D eigenvalue weighted by molar-refractivity contribution is -0.174. The maximum atomic E-state index is 12.3. The number of carbonyl (C=O) groups is 2. The molecule has 1 aliphatic carbocycles. The van der Waals surface area contributed by atoms with E-state index in [0.717, 1.165) is 5.57 Å². The molecule has 0 aromatic carbocycles. The standard InChI is InChI=1S/C15H22O4/c1-5-8-12-9-10-15(11(12)4,13(16)18-6-2)14(17)19-7-3/h5,8-9,11H,6-7,10H2,1-4H3/b8-5+. The predicted molar refractivity (Wildman–Crippen MR) is 72.4 cm³/mol. The van der Waals surface area contributed by atoms with E-state index >= 15 is 0 Å². The van der Waals surface area contributed by atoms with E-state index in [1.165, 1.54) is 0 Å². The normalized spacial score (nSPS) is 21.3. The summed E-state index contributed by atoms with van der Waals surface area (Å²) in [5, 5.41) is 0. The molecule has 19 heavy (non-hydrogen) atoms. The fourth-order valence-corrected chi connectivity index (χ4v) is 2.45. The zero-order chi connectivity index (χ0) is 14.5. The van der Waals surface area contributed by atoms with Crippen LogP contribution >= 0.6 is 0 Å². The molecule has 0 saturated heterocycles. The van der Waals surface area contributed by atoms with E-state index in [0.29, 0.717) is 6.42 Å². The molecule has 0 aromatic rings. The summed E-state index contributed by atoms with van der Waals surface area (Å²) in [5.41, 5.74) is -0.246. The summed E-state index contributed by atoms with van der Waals surface area (Å²) in [6.45, 7) is 7.75. The second kappa shape index (κ2) is 6.55. The first kappa shape index (κ1) is 15.5. The average Bonchev–Trinajstić information content (AvgIpc) is 2.69. The minimum absolute atomic E-state index is 0.234. The summed E-state index contributed by atoms with van der Waals surface area (Å²) in [6, 6.07) is 0. The van der Waals surface area contributed by atoms with Crippen LogP contribution in [0.5, 0.6) is 0 Å². The third kappa shape index (κ3) is 2.72. The second-order valence-electron chi connectivity index (χ2n) is 4.54. The first-order chi connectivity index (χ1) is 9.04. The smallest absolute Gasteiger partial charge is 0.324 e. The summed E-state index contributed by atoms with van der Waals surface area (Å²) >= 11 is 0. The van der Waals surface area contributed by atoms with Crippen molar-refractivity contribution in [2.75, 3.05) is 13.2 Å². The van der Waals surface area contributed by atoms with Crippen molar-refractivity contribution < 1.29 is 19.1 Å². The van der Waals surface area contributed by atoms with Crippen molar-refractivity contribution in [2.45, 2.75) is 34.1 Å². The number of ether oxygens (including phenoxy) is 2. The fourth-order valence-electron chi connectivity index (χ4n) is 2.45. The number of rotatable bonds is 5. The lowest BCUT2D eigenvalue weighted by Gasteiger charge is -2.29. The monoisotopic (exact) mass is 266 g/mol. The van der Waals surface area contributed by atoms with Gasteiger partial charge in [0.05, 0.1) is 13.2 Å². The average molecular weight is 266 g/mol. The summed E-state index contributed by atoms with van der Waals surface area (Å²) in [4.78, 5) is 24.5. The second-order valence-corrected chi connectivity index (χ2v) is 4.54. The molecule has 1 aliphatic rings. The van der Waals surface area contributed by atoms with E-state index in [2.05, 4.69) is 0 Å². The zero-order valence-electron chi connectivity index (χ0n) is 12.1. The number of esters is 2. The van der Waals surface area contributed by atoms with Crippen LogP contribution in [0.4, 0.5) is 0 Å². The van der Waals surface area contributed by atoms with Crippen LogP contribution in [0.1, 0.15) is 34.1 Å². The van der Waals surface area contributed by atoms with Gasteiger partial charge < -0.3 is 9.47 Å². The molecule has 0 aromatic heterocycles. The van der Waals surface area contributed by atoms with Crippen molar-refractivity contribution in [2.24, 2.45) is 11.3 Å². The van der Waals surface area contributed by atoms with Crippen LogP contribution in [-0.4, -0.2) is 25.2 Å². The highest BCUT2D eigenvalue weighted by Crippen LogP contribution is 2.45. The maximum Gasteiger partial charge on any atom is 0.324 e. The van der Waals surface area contributed by atoms with Crippen LogP contribution in [0.25, 0.3) is 0 Å². The molecule has 0 aliphatic heterocycles. The first-order valence-corrected chi connectivity index (χ1v) is 6.71. The third-order valence-electron chi connectivity index (χ3n) is 3.54. The Morgan fingerprint density at radius 2 is 1.84 bits per heavy atom. The minimum atomic E-state index is -1.22. The van der Waals surface area contributed by atoms with Crippen LogP contribution in [0.2, 0.25) is 0 Å². The van der Waals surface area contributed by atoms with Gasteiger partial charge in [-0.3, -0.25) is 9.59 Å². The molecule has 0 heterocycles. The highest BCUT2D eigenvalue weighted by Gasteiger charge is 2.55. The number of carbonyl (C=O) groups excluding carboxylic acids is 2. The number of hydrogen-bond donors (Lipinski definition) is 0. The molecule has 106 valence electrons. The molecular formula is C15H22O4. The van der Waals surface area contributed by atoms with Crippen molar-refractivity contribution in [1.82, 2.24) is 0 Å². The predicted octanol–water partition coefficient (Wildman–Crippen LogP) is 2.64. The van der Waals surface area contributed by atoms with Gasteiger partial charge in [-0.25, -0.2) is 0 Å². The zero-order valence-corrected chi connectivity index (χ0v) is 12.1. The molecule has 1 rings (SSSR count). The van der Waals surface area contributed by atoms with Gasteiger partial charge in [-0.15, -0.1) is 0 Å². The highest BCUT2D eigenvalue weighted by molar-refractivity contribution is 6.01. The fraction of sp³-hybridized carbons (Fsp3) is 0.600. The minimum Gasteiger partial charge on any atom is -0.465 e. The van der Waals surface area contributed by atoms with Gasteiger partial charge >= 0.3 is 11.9 Å². The summed E-state index contributed by atoms with van der Waals surface area (Å²) < 4.78 is 10.2.